The Kier molecular flexibility index (Phi) is 4.36. The van der Waals surface area contributed by atoms with Crippen LogP contribution in [0, 0.1) is 6.92 Å². The molecule has 3 rings (SSSR count). The molecule has 7 nitrogen and oxygen atoms in total. The van der Waals surface area contributed by atoms with Crippen molar-refractivity contribution in [3.63, 3.8) is 0 Å². The molecule has 1 fully saturated rings. The van der Waals surface area contributed by atoms with Gasteiger partial charge in [0.1, 0.15) is 23.7 Å². The smallest absolute Gasteiger partial charge is 0.317 e. The standard InChI is InChI=1S/C16H23N5O2/c1-11-6-7-14(23-11)12(2)18-16(22)21-8-4-5-13(9-21)15-19-17-10-20(15)3/h6-7,10,12-13H,4-5,8-9H2,1-3H3,(H,18,22)/t12-,13-/m0/s1. The van der Waals surface area contributed by atoms with Gasteiger partial charge < -0.3 is 19.2 Å². The van der Waals surface area contributed by atoms with Crippen LogP contribution in [0.15, 0.2) is 22.9 Å². The summed E-state index contributed by atoms with van der Waals surface area (Å²) >= 11 is 0. The van der Waals surface area contributed by atoms with E-state index in [1.807, 2.05) is 42.5 Å². The van der Waals surface area contributed by atoms with Crippen LogP contribution in [0.25, 0.3) is 0 Å². The molecular weight excluding hydrogens is 294 g/mol. The number of likely N-dealkylation sites (tertiary alicyclic amines) is 1. The minimum atomic E-state index is -0.147. The quantitative estimate of drug-likeness (QED) is 0.943. The monoisotopic (exact) mass is 317 g/mol. The van der Waals surface area contributed by atoms with Gasteiger partial charge in [0.2, 0.25) is 0 Å². The summed E-state index contributed by atoms with van der Waals surface area (Å²) in [6.07, 6.45) is 3.71. The van der Waals surface area contributed by atoms with E-state index in [4.69, 9.17) is 4.42 Å². The predicted octanol–water partition coefficient (Wildman–Crippen LogP) is 2.37. The highest BCUT2D eigenvalue weighted by Crippen LogP contribution is 2.25. The number of rotatable bonds is 3. The van der Waals surface area contributed by atoms with Crippen molar-refractivity contribution >= 4 is 6.03 Å². The van der Waals surface area contributed by atoms with Gasteiger partial charge in [-0.05, 0) is 38.8 Å². The molecule has 1 saturated heterocycles. The van der Waals surface area contributed by atoms with Crippen molar-refractivity contribution in [1.82, 2.24) is 25.0 Å². The lowest BCUT2D eigenvalue weighted by Gasteiger charge is -2.32. The molecule has 1 aliphatic heterocycles. The molecule has 7 heteroatoms. The number of hydrogen-bond donors (Lipinski definition) is 1. The van der Waals surface area contributed by atoms with Gasteiger partial charge in [0, 0.05) is 26.1 Å². The van der Waals surface area contributed by atoms with Crippen molar-refractivity contribution < 1.29 is 9.21 Å². The molecule has 0 aliphatic carbocycles. The molecule has 0 saturated carbocycles. The fourth-order valence-corrected chi connectivity index (χ4v) is 3.07. The van der Waals surface area contributed by atoms with Gasteiger partial charge in [0.25, 0.3) is 0 Å². The second kappa shape index (κ2) is 6.44. The Morgan fingerprint density at radius 2 is 2.30 bits per heavy atom. The van der Waals surface area contributed by atoms with Crippen molar-refractivity contribution in [3.8, 4) is 0 Å². The third kappa shape index (κ3) is 3.38. The number of nitrogens with zero attached hydrogens (tertiary/aromatic N) is 4. The van der Waals surface area contributed by atoms with Gasteiger partial charge in [-0.15, -0.1) is 10.2 Å². The van der Waals surface area contributed by atoms with Crippen molar-refractivity contribution in [2.45, 2.75) is 38.6 Å². The minimum absolute atomic E-state index is 0.0570. The summed E-state index contributed by atoms with van der Waals surface area (Å²) in [4.78, 5) is 14.4. The fraction of sp³-hybridized carbons (Fsp3) is 0.562. The van der Waals surface area contributed by atoms with Crippen LogP contribution in [-0.2, 0) is 7.05 Å². The number of carbonyl (C=O) groups is 1. The molecule has 2 amide bonds. The zero-order valence-electron chi connectivity index (χ0n) is 13.8. The number of hydrogen-bond acceptors (Lipinski definition) is 4. The van der Waals surface area contributed by atoms with Gasteiger partial charge >= 0.3 is 6.03 Å². The molecule has 0 spiro atoms. The van der Waals surface area contributed by atoms with Gasteiger partial charge in [-0.25, -0.2) is 4.79 Å². The summed E-state index contributed by atoms with van der Waals surface area (Å²) in [6, 6.07) is 3.60. The third-order valence-corrected chi connectivity index (χ3v) is 4.35. The Labute approximate surface area is 135 Å². The summed E-state index contributed by atoms with van der Waals surface area (Å²) in [5.74, 6) is 2.81. The average molecular weight is 317 g/mol. The highest BCUT2D eigenvalue weighted by atomic mass is 16.3. The van der Waals surface area contributed by atoms with Crippen LogP contribution in [-0.4, -0.2) is 38.8 Å². The normalized spacial score (nSPS) is 19.6. The van der Waals surface area contributed by atoms with Crippen LogP contribution in [0.1, 0.15) is 49.1 Å². The lowest BCUT2D eigenvalue weighted by atomic mass is 9.97. The van der Waals surface area contributed by atoms with E-state index in [1.165, 1.54) is 0 Å². The van der Waals surface area contributed by atoms with E-state index in [-0.39, 0.29) is 18.0 Å². The van der Waals surface area contributed by atoms with Gasteiger partial charge in [-0.3, -0.25) is 0 Å². The van der Waals surface area contributed by atoms with E-state index in [2.05, 4.69) is 15.5 Å². The first kappa shape index (κ1) is 15.6. The summed E-state index contributed by atoms with van der Waals surface area (Å²) < 4.78 is 7.51. The van der Waals surface area contributed by atoms with Gasteiger partial charge in [0.15, 0.2) is 0 Å². The van der Waals surface area contributed by atoms with Gasteiger partial charge in [-0.1, -0.05) is 0 Å². The molecule has 23 heavy (non-hydrogen) atoms. The summed E-state index contributed by atoms with van der Waals surface area (Å²) in [7, 11) is 1.94. The van der Waals surface area contributed by atoms with E-state index in [9.17, 15) is 4.79 Å². The van der Waals surface area contributed by atoms with Crippen molar-refractivity contribution in [2.24, 2.45) is 7.05 Å². The first-order valence-corrected chi connectivity index (χ1v) is 8.00. The molecule has 2 atom stereocenters. The van der Waals surface area contributed by atoms with Crippen molar-refractivity contribution in [2.75, 3.05) is 13.1 Å². The van der Waals surface area contributed by atoms with E-state index in [1.54, 1.807) is 6.33 Å². The first-order valence-electron chi connectivity index (χ1n) is 8.00. The predicted molar refractivity (Wildman–Crippen MR) is 84.9 cm³/mol. The Bertz CT molecular complexity index is 678. The number of amides is 2. The summed E-state index contributed by atoms with van der Waals surface area (Å²) in [5, 5.41) is 11.1. The van der Waals surface area contributed by atoms with Crippen LogP contribution < -0.4 is 5.32 Å². The Morgan fingerprint density at radius 1 is 1.48 bits per heavy atom. The Balaban J connectivity index is 1.62. The number of aryl methyl sites for hydroxylation is 2. The van der Waals surface area contributed by atoms with Crippen LogP contribution in [0.4, 0.5) is 4.79 Å². The zero-order valence-corrected chi connectivity index (χ0v) is 13.8. The average Bonchev–Trinajstić information content (AvgIpc) is 3.16. The molecule has 1 aliphatic rings. The zero-order chi connectivity index (χ0) is 16.4. The first-order chi connectivity index (χ1) is 11.0. The number of nitrogens with one attached hydrogen (secondary N) is 1. The van der Waals surface area contributed by atoms with E-state index in [0.717, 1.165) is 36.7 Å². The largest absolute Gasteiger partial charge is 0.464 e. The number of furan rings is 1. The summed E-state index contributed by atoms with van der Waals surface area (Å²) in [5.41, 5.74) is 0. The SMILES string of the molecule is Cc1ccc([C@H](C)NC(=O)N2CCC[C@H](c3nncn3C)C2)o1. The Morgan fingerprint density at radius 3 is 2.96 bits per heavy atom. The molecule has 3 heterocycles. The van der Waals surface area contributed by atoms with E-state index in [0.29, 0.717) is 6.54 Å². The number of aromatic nitrogens is 3. The van der Waals surface area contributed by atoms with Gasteiger partial charge in [0.05, 0.1) is 6.04 Å². The molecular formula is C16H23N5O2. The van der Waals surface area contributed by atoms with Crippen LogP contribution in [0.5, 0.6) is 0 Å². The topological polar surface area (TPSA) is 76.2 Å². The van der Waals surface area contributed by atoms with Crippen molar-refractivity contribution in [1.29, 1.82) is 0 Å². The lowest BCUT2D eigenvalue weighted by molar-refractivity contribution is 0.173. The molecule has 124 valence electrons. The molecule has 2 aromatic rings. The number of urea groups is 1. The second-order valence-electron chi connectivity index (χ2n) is 6.20. The van der Waals surface area contributed by atoms with Crippen LogP contribution >= 0.6 is 0 Å². The molecule has 0 radical (unpaired) electrons. The fourth-order valence-electron chi connectivity index (χ4n) is 3.07. The van der Waals surface area contributed by atoms with E-state index < -0.39 is 0 Å². The highest BCUT2D eigenvalue weighted by Gasteiger charge is 2.28. The van der Waals surface area contributed by atoms with Crippen LogP contribution in [0.3, 0.4) is 0 Å². The Hall–Kier alpha value is -2.31. The lowest BCUT2D eigenvalue weighted by Crippen LogP contribution is -2.45. The number of piperidine rings is 1. The van der Waals surface area contributed by atoms with Crippen LogP contribution in [0.2, 0.25) is 0 Å². The maximum atomic E-state index is 12.5. The minimum Gasteiger partial charge on any atom is -0.464 e. The molecule has 1 N–H and O–H groups in total. The maximum Gasteiger partial charge on any atom is 0.317 e. The molecule has 0 unspecified atom stereocenters. The molecule has 2 aromatic heterocycles. The molecule has 0 bridgehead atoms. The maximum absolute atomic E-state index is 12.5. The second-order valence-corrected chi connectivity index (χ2v) is 6.20. The molecule has 0 aromatic carbocycles. The third-order valence-electron chi connectivity index (χ3n) is 4.35. The number of carbonyl (C=O) groups excluding carboxylic acids is 1. The van der Waals surface area contributed by atoms with Crippen molar-refractivity contribution in [3.05, 3.63) is 35.8 Å². The van der Waals surface area contributed by atoms with Gasteiger partial charge in [-0.2, -0.15) is 0 Å². The summed E-state index contributed by atoms with van der Waals surface area (Å²) in [6.45, 7) is 5.26. The highest BCUT2D eigenvalue weighted by molar-refractivity contribution is 5.74. The van der Waals surface area contributed by atoms with E-state index >= 15 is 0 Å².